The first kappa shape index (κ1) is 17.7. The maximum atomic E-state index is 12.5. The van der Waals surface area contributed by atoms with Crippen LogP contribution in [-0.4, -0.2) is 22.0 Å². The summed E-state index contributed by atoms with van der Waals surface area (Å²) in [6.45, 7) is 0.375. The maximum Gasteiger partial charge on any atom is 0.307 e. The second-order valence-electron chi connectivity index (χ2n) is 6.16. The molecule has 2 atom stereocenters. The maximum absolute atomic E-state index is 12.5. The van der Waals surface area contributed by atoms with Crippen molar-refractivity contribution in [3.8, 4) is 5.75 Å². The summed E-state index contributed by atoms with van der Waals surface area (Å²) in [6.07, 6.45) is 7.91. The molecule has 0 unspecified atom stereocenters. The summed E-state index contributed by atoms with van der Waals surface area (Å²) in [4.78, 5) is 27.9. The van der Waals surface area contributed by atoms with Gasteiger partial charge in [-0.2, -0.15) is 0 Å². The lowest BCUT2D eigenvalue weighted by molar-refractivity contribution is -0.146. The van der Waals surface area contributed by atoms with E-state index in [-0.39, 0.29) is 5.91 Å². The molecule has 1 aromatic carbocycles. The minimum absolute atomic E-state index is 0.286. The second-order valence-corrected chi connectivity index (χ2v) is 6.16. The van der Waals surface area contributed by atoms with E-state index >= 15 is 0 Å². The van der Waals surface area contributed by atoms with Gasteiger partial charge in [-0.3, -0.25) is 14.6 Å². The number of hydrogen-bond donors (Lipinski definition) is 2. The Morgan fingerprint density at radius 2 is 1.96 bits per heavy atom. The second kappa shape index (κ2) is 8.29. The lowest BCUT2D eigenvalue weighted by atomic mass is 9.82. The van der Waals surface area contributed by atoms with Gasteiger partial charge in [0.1, 0.15) is 12.4 Å². The molecule has 0 radical (unpaired) electrons. The van der Waals surface area contributed by atoms with Gasteiger partial charge in [-0.25, -0.2) is 0 Å². The number of nitrogens with zero attached hydrogens (tertiary/aromatic N) is 1. The Morgan fingerprint density at radius 3 is 2.69 bits per heavy atom. The fourth-order valence-electron chi connectivity index (χ4n) is 2.93. The van der Waals surface area contributed by atoms with Crippen molar-refractivity contribution in [1.29, 1.82) is 0 Å². The van der Waals surface area contributed by atoms with E-state index in [0.29, 0.717) is 30.9 Å². The third-order valence-corrected chi connectivity index (χ3v) is 4.32. The van der Waals surface area contributed by atoms with Crippen LogP contribution in [0.4, 0.5) is 5.69 Å². The molecule has 2 aromatic rings. The molecule has 2 N–H and O–H groups in total. The van der Waals surface area contributed by atoms with Crippen LogP contribution in [-0.2, 0) is 16.2 Å². The topological polar surface area (TPSA) is 88.5 Å². The van der Waals surface area contributed by atoms with E-state index in [1.54, 1.807) is 36.7 Å². The molecule has 1 amide bonds. The van der Waals surface area contributed by atoms with Crippen LogP contribution >= 0.6 is 0 Å². The zero-order valence-electron chi connectivity index (χ0n) is 14.2. The van der Waals surface area contributed by atoms with E-state index < -0.39 is 17.8 Å². The number of rotatable bonds is 6. The number of aliphatic carboxylic acids is 1. The summed E-state index contributed by atoms with van der Waals surface area (Å²) in [7, 11) is 0. The summed E-state index contributed by atoms with van der Waals surface area (Å²) in [5.41, 5.74) is 1.53. The molecule has 3 rings (SSSR count). The first-order valence-electron chi connectivity index (χ1n) is 8.44. The zero-order valence-corrected chi connectivity index (χ0v) is 14.2. The number of carboxylic acid groups (broad SMARTS) is 1. The molecule has 1 aliphatic rings. The Kier molecular flexibility index (Phi) is 5.63. The monoisotopic (exact) mass is 352 g/mol. The third kappa shape index (κ3) is 4.47. The van der Waals surface area contributed by atoms with Crippen molar-refractivity contribution in [3.63, 3.8) is 0 Å². The summed E-state index contributed by atoms with van der Waals surface area (Å²) < 4.78 is 5.72. The Bertz CT molecular complexity index is 804. The highest BCUT2D eigenvalue weighted by Gasteiger charge is 2.33. The summed E-state index contributed by atoms with van der Waals surface area (Å²) in [6, 6.07) is 10.8. The summed E-state index contributed by atoms with van der Waals surface area (Å²) >= 11 is 0. The minimum atomic E-state index is -0.942. The van der Waals surface area contributed by atoms with Crippen LogP contribution in [0.15, 0.2) is 60.9 Å². The molecule has 0 saturated carbocycles. The van der Waals surface area contributed by atoms with Gasteiger partial charge in [0.15, 0.2) is 0 Å². The molecule has 0 bridgehead atoms. The molecule has 1 aromatic heterocycles. The van der Waals surface area contributed by atoms with Crippen molar-refractivity contribution in [2.24, 2.45) is 11.8 Å². The number of hydrogen-bond acceptors (Lipinski definition) is 4. The number of carbonyl (C=O) groups is 2. The van der Waals surface area contributed by atoms with E-state index in [1.165, 1.54) is 0 Å². The minimum Gasteiger partial charge on any atom is -0.489 e. The van der Waals surface area contributed by atoms with Gasteiger partial charge < -0.3 is 15.2 Å². The summed E-state index contributed by atoms with van der Waals surface area (Å²) in [5.74, 6) is -1.87. The van der Waals surface area contributed by atoms with Crippen molar-refractivity contribution in [2.75, 3.05) is 5.32 Å². The number of allylic oxidation sites excluding steroid dienone is 2. The van der Waals surface area contributed by atoms with Gasteiger partial charge in [0.25, 0.3) is 0 Å². The molecule has 26 heavy (non-hydrogen) atoms. The molecule has 134 valence electrons. The Balaban J connectivity index is 1.63. The molecule has 0 saturated heterocycles. The number of carbonyl (C=O) groups excluding carboxylic acids is 1. The number of benzene rings is 1. The number of anilines is 1. The lowest BCUT2D eigenvalue weighted by Crippen LogP contribution is -2.34. The molecule has 1 aliphatic carbocycles. The van der Waals surface area contributed by atoms with Crippen LogP contribution in [0.25, 0.3) is 0 Å². The molecule has 0 fully saturated rings. The Morgan fingerprint density at radius 1 is 1.15 bits per heavy atom. The number of ether oxygens (including phenoxy) is 1. The average Bonchev–Trinajstić information content (AvgIpc) is 2.67. The lowest BCUT2D eigenvalue weighted by Gasteiger charge is -2.24. The van der Waals surface area contributed by atoms with Crippen LogP contribution < -0.4 is 10.1 Å². The quantitative estimate of drug-likeness (QED) is 0.779. The van der Waals surface area contributed by atoms with Crippen molar-refractivity contribution in [3.05, 3.63) is 66.5 Å². The van der Waals surface area contributed by atoms with Gasteiger partial charge in [0.05, 0.1) is 11.8 Å². The fraction of sp³-hybridized carbons (Fsp3) is 0.250. The van der Waals surface area contributed by atoms with Gasteiger partial charge in [0, 0.05) is 29.7 Å². The fourth-order valence-corrected chi connectivity index (χ4v) is 2.93. The molecule has 6 heteroatoms. The van der Waals surface area contributed by atoms with Gasteiger partial charge in [-0.15, -0.1) is 0 Å². The molecule has 6 nitrogen and oxygen atoms in total. The van der Waals surface area contributed by atoms with Crippen molar-refractivity contribution in [1.82, 2.24) is 4.98 Å². The molecule has 0 spiro atoms. The van der Waals surface area contributed by atoms with E-state index in [4.69, 9.17) is 4.74 Å². The van der Waals surface area contributed by atoms with Crippen LogP contribution in [0.1, 0.15) is 18.4 Å². The normalized spacial score (nSPS) is 18.9. The number of pyridine rings is 1. The zero-order chi connectivity index (χ0) is 18.4. The highest BCUT2D eigenvalue weighted by atomic mass is 16.5. The highest BCUT2D eigenvalue weighted by Crippen LogP contribution is 2.28. The van der Waals surface area contributed by atoms with Crippen molar-refractivity contribution < 1.29 is 19.4 Å². The van der Waals surface area contributed by atoms with E-state index in [9.17, 15) is 14.7 Å². The molecule has 1 heterocycles. The smallest absolute Gasteiger partial charge is 0.307 e. The highest BCUT2D eigenvalue weighted by molar-refractivity contribution is 5.95. The standard InChI is InChI=1S/C20H20N2O4/c23-19(17-8-1-2-9-18(17)20(24)25)22-15-6-3-7-16(11-15)26-13-14-5-4-10-21-12-14/h1-7,10-12,17-18H,8-9,13H2,(H,22,23)(H,24,25)/t17-,18-/m1/s1. The first-order valence-corrected chi connectivity index (χ1v) is 8.44. The van der Waals surface area contributed by atoms with Gasteiger partial charge in [-0.05, 0) is 31.0 Å². The van der Waals surface area contributed by atoms with Crippen molar-refractivity contribution >= 4 is 17.6 Å². The summed E-state index contributed by atoms with van der Waals surface area (Å²) in [5, 5.41) is 12.1. The van der Waals surface area contributed by atoms with Gasteiger partial charge in [-0.1, -0.05) is 24.3 Å². The van der Waals surface area contributed by atoms with Crippen LogP contribution in [0.5, 0.6) is 5.75 Å². The first-order chi connectivity index (χ1) is 12.6. The van der Waals surface area contributed by atoms with E-state index in [1.807, 2.05) is 24.3 Å². The number of carboxylic acids is 1. The number of aromatic nitrogens is 1. The third-order valence-electron chi connectivity index (χ3n) is 4.32. The largest absolute Gasteiger partial charge is 0.489 e. The Hall–Kier alpha value is -3.15. The van der Waals surface area contributed by atoms with Gasteiger partial charge >= 0.3 is 5.97 Å². The molecular formula is C20H20N2O4. The van der Waals surface area contributed by atoms with Crippen LogP contribution in [0.2, 0.25) is 0 Å². The predicted octanol–water partition coefficient (Wildman–Crippen LogP) is 3.27. The van der Waals surface area contributed by atoms with Crippen molar-refractivity contribution in [2.45, 2.75) is 19.4 Å². The van der Waals surface area contributed by atoms with E-state index in [0.717, 1.165) is 5.56 Å². The molecular weight excluding hydrogens is 332 g/mol. The Labute approximate surface area is 151 Å². The van der Waals surface area contributed by atoms with Crippen LogP contribution in [0, 0.1) is 11.8 Å². The SMILES string of the molecule is O=C(O)[C@@H]1CC=CC[C@H]1C(=O)Nc1cccc(OCc2cccnc2)c1. The van der Waals surface area contributed by atoms with Gasteiger partial charge in [0.2, 0.25) is 5.91 Å². The van der Waals surface area contributed by atoms with Crippen LogP contribution in [0.3, 0.4) is 0 Å². The number of nitrogens with one attached hydrogen (secondary N) is 1. The molecule has 0 aliphatic heterocycles. The number of amides is 1. The van der Waals surface area contributed by atoms with E-state index in [2.05, 4.69) is 10.3 Å². The average molecular weight is 352 g/mol. The predicted molar refractivity (Wildman–Crippen MR) is 96.6 cm³/mol.